The number of hydrogen-bond acceptors (Lipinski definition) is 6. The van der Waals surface area contributed by atoms with Crippen molar-refractivity contribution in [1.82, 2.24) is 0 Å². The highest BCUT2D eigenvalue weighted by Crippen LogP contribution is 2.42. The number of nitrogen functional groups attached to an aromatic ring is 1. The lowest BCUT2D eigenvalue weighted by Gasteiger charge is -2.12. The van der Waals surface area contributed by atoms with Crippen molar-refractivity contribution in [3.05, 3.63) is 41.0 Å². The van der Waals surface area contributed by atoms with Gasteiger partial charge in [-0.15, -0.1) is 0 Å². The molecular weight excluding hydrogens is 306 g/mol. The van der Waals surface area contributed by atoms with Gasteiger partial charge in [0.05, 0.1) is 34.7 Å². The Hall–Kier alpha value is -2.86. The summed E-state index contributed by atoms with van der Waals surface area (Å²) in [5, 5.41) is 24.9. The highest BCUT2D eigenvalue weighted by Gasteiger charge is 2.36. The molecule has 6 nitrogen and oxygen atoms in total. The lowest BCUT2D eigenvalue weighted by Crippen LogP contribution is -2.22. The van der Waals surface area contributed by atoms with Crippen molar-refractivity contribution in [2.45, 2.75) is 12.1 Å². The average Bonchev–Trinajstić information content (AvgIpc) is 3.17. The molecule has 6 heteroatoms. The van der Waals surface area contributed by atoms with Crippen molar-refractivity contribution in [3.8, 4) is 11.5 Å². The Bertz CT molecular complexity index is 1150. The fourth-order valence-electron chi connectivity index (χ4n) is 3.70. The second kappa shape index (κ2) is 4.36. The quantitative estimate of drug-likeness (QED) is 0.330. The first-order valence-corrected chi connectivity index (χ1v) is 7.82. The molecule has 3 aromatic carbocycles. The number of aromatic hydroxyl groups is 2. The van der Waals surface area contributed by atoms with Crippen LogP contribution in [0.1, 0.15) is 6.42 Å². The van der Waals surface area contributed by atoms with Crippen molar-refractivity contribution in [2.75, 3.05) is 18.9 Å². The fraction of sp³-hybridized carbons (Fsp3) is 0.222. The number of rotatable bonds is 0. The Labute approximate surface area is 136 Å². The second-order valence-electron chi connectivity index (χ2n) is 6.33. The van der Waals surface area contributed by atoms with Gasteiger partial charge in [-0.05, 0) is 18.2 Å². The average molecular weight is 321 g/mol. The number of phenolic OH excluding ortho intramolecular Hbond substituents is 2. The molecule has 0 aromatic heterocycles. The Kier molecular flexibility index (Phi) is 2.46. The van der Waals surface area contributed by atoms with Crippen molar-refractivity contribution >= 4 is 27.2 Å². The molecule has 5 rings (SSSR count). The van der Waals surface area contributed by atoms with Crippen molar-refractivity contribution in [3.63, 3.8) is 0 Å². The van der Waals surface area contributed by atoms with Crippen LogP contribution in [0, 0.1) is 0 Å². The summed E-state index contributed by atoms with van der Waals surface area (Å²) in [7, 11) is 0. The van der Waals surface area contributed by atoms with Crippen LogP contribution >= 0.6 is 0 Å². The van der Waals surface area contributed by atoms with E-state index < -0.39 is 5.66 Å². The lowest BCUT2D eigenvalue weighted by molar-refractivity contribution is 0.180. The van der Waals surface area contributed by atoms with Gasteiger partial charge in [-0.3, -0.25) is 4.99 Å². The van der Waals surface area contributed by atoms with Crippen molar-refractivity contribution < 1.29 is 14.9 Å². The van der Waals surface area contributed by atoms with Crippen LogP contribution < -0.4 is 16.4 Å². The van der Waals surface area contributed by atoms with E-state index in [1.165, 1.54) is 0 Å². The molecule has 1 saturated heterocycles. The first-order valence-electron chi connectivity index (χ1n) is 7.82. The zero-order chi connectivity index (χ0) is 16.5. The van der Waals surface area contributed by atoms with Crippen molar-refractivity contribution in [1.29, 1.82) is 0 Å². The van der Waals surface area contributed by atoms with Gasteiger partial charge in [-0.1, -0.05) is 12.1 Å². The summed E-state index contributed by atoms with van der Waals surface area (Å²) < 4.78 is 5.45. The molecule has 0 saturated carbocycles. The maximum atomic E-state index is 10.9. The summed E-state index contributed by atoms with van der Waals surface area (Å²) in [6.45, 7) is 1.05. The number of fused-ring (bicyclic) bond motifs is 4. The first kappa shape index (κ1) is 13.6. The Morgan fingerprint density at radius 3 is 2.62 bits per heavy atom. The van der Waals surface area contributed by atoms with E-state index in [-0.39, 0.29) is 11.5 Å². The van der Waals surface area contributed by atoms with Gasteiger partial charge in [-0.2, -0.15) is 0 Å². The predicted octanol–water partition coefficient (Wildman–Crippen LogP) is 1.36. The maximum Gasteiger partial charge on any atom is 0.176 e. The molecule has 4 N–H and O–H groups in total. The number of nitrogens with zero attached hydrogens (tertiary/aromatic N) is 2. The van der Waals surface area contributed by atoms with Crippen LogP contribution in [0.25, 0.3) is 21.5 Å². The van der Waals surface area contributed by atoms with Crippen LogP contribution in [-0.4, -0.2) is 29.1 Å². The number of hydrogen-bond donors (Lipinski definition) is 3. The third-order valence-corrected chi connectivity index (χ3v) is 4.87. The zero-order valence-corrected chi connectivity index (χ0v) is 12.8. The van der Waals surface area contributed by atoms with E-state index in [1.807, 2.05) is 6.07 Å². The number of phenols is 2. The van der Waals surface area contributed by atoms with Gasteiger partial charge in [0, 0.05) is 22.9 Å². The highest BCUT2D eigenvalue weighted by atomic mass is 16.5. The van der Waals surface area contributed by atoms with Crippen molar-refractivity contribution in [2.24, 2.45) is 9.98 Å². The van der Waals surface area contributed by atoms with E-state index in [4.69, 9.17) is 20.5 Å². The SMILES string of the molecule is Nc1cccc2c(O)c3ccc4c(c3c(O)c12)=NC1(CCOC1)N=4. The summed E-state index contributed by atoms with van der Waals surface area (Å²) in [6.07, 6.45) is 0.714. The summed E-state index contributed by atoms with van der Waals surface area (Å²) in [5.41, 5.74) is 5.84. The van der Waals surface area contributed by atoms with Crippen LogP contribution in [0.4, 0.5) is 5.69 Å². The summed E-state index contributed by atoms with van der Waals surface area (Å²) >= 11 is 0. The van der Waals surface area contributed by atoms with E-state index in [0.717, 1.165) is 0 Å². The molecule has 0 amide bonds. The van der Waals surface area contributed by atoms with E-state index in [9.17, 15) is 10.2 Å². The monoisotopic (exact) mass is 321 g/mol. The third-order valence-electron chi connectivity index (χ3n) is 4.87. The minimum absolute atomic E-state index is 0.0302. The van der Waals surface area contributed by atoms with Crippen LogP contribution in [0.3, 0.4) is 0 Å². The molecular formula is C18H15N3O3. The van der Waals surface area contributed by atoms with E-state index in [1.54, 1.807) is 24.3 Å². The molecule has 1 atom stereocenters. The predicted molar refractivity (Wildman–Crippen MR) is 89.7 cm³/mol. The lowest BCUT2D eigenvalue weighted by atomic mass is 9.99. The molecule has 24 heavy (non-hydrogen) atoms. The summed E-state index contributed by atoms with van der Waals surface area (Å²) in [5.74, 6) is 0.120. The van der Waals surface area contributed by atoms with Gasteiger partial charge in [-0.25, -0.2) is 4.99 Å². The number of nitrogens with two attached hydrogens (primary N) is 1. The largest absolute Gasteiger partial charge is 0.507 e. The molecule has 120 valence electrons. The van der Waals surface area contributed by atoms with Crippen LogP contribution in [-0.2, 0) is 4.74 Å². The molecule has 3 aromatic rings. The van der Waals surface area contributed by atoms with Crippen LogP contribution in [0.15, 0.2) is 40.3 Å². The second-order valence-corrected chi connectivity index (χ2v) is 6.33. The summed E-state index contributed by atoms with van der Waals surface area (Å²) in [6, 6.07) is 8.78. The molecule has 1 spiro atoms. The molecule has 0 aliphatic carbocycles. The molecule has 1 fully saturated rings. The molecule has 2 heterocycles. The normalized spacial score (nSPS) is 22.0. The molecule has 1 unspecified atom stereocenters. The number of ether oxygens (including phenoxy) is 1. The first-order chi connectivity index (χ1) is 11.6. The molecule has 0 radical (unpaired) electrons. The van der Waals surface area contributed by atoms with Gasteiger partial charge in [0.25, 0.3) is 0 Å². The van der Waals surface area contributed by atoms with Gasteiger partial charge >= 0.3 is 0 Å². The Balaban J connectivity index is 2.01. The molecule has 2 aliphatic rings. The number of anilines is 1. The van der Waals surface area contributed by atoms with Crippen LogP contribution in [0.2, 0.25) is 0 Å². The Morgan fingerprint density at radius 2 is 1.83 bits per heavy atom. The summed E-state index contributed by atoms with van der Waals surface area (Å²) in [4.78, 5) is 9.44. The zero-order valence-electron chi connectivity index (χ0n) is 12.8. The third kappa shape index (κ3) is 1.58. The standard InChI is InChI=1S/C18H15N3O3/c19-11-3-1-2-9-13(11)17(23)14-10(16(9)22)4-5-12-15(14)21-18(20-12)6-7-24-8-18/h1-5,22-23H,6-8,19H2. The van der Waals surface area contributed by atoms with E-state index >= 15 is 0 Å². The van der Waals surface area contributed by atoms with Gasteiger partial charge in [0.2, 0.25) is 0 Å². The maximum absolute atomic E-state index is 10.9. The molecule has 0 bridgehead atoms. The highest BCUT2D eigenvalue weighted by molar-refractivity contribution is 6.14. The smallest absolute Gasteiger partial charge is 0.176 e. The minimum Gasteiger partial charge on any atom is -0.507 e. The van der Waals surface area contributed by atoms with Crippen LogP contribution in [0.5, 0.6) is 11.5 Å². The minimum atomic E-state index is -0.601. The van der Waals surface area contributed by atoms with E-state index in [2.05, 4.69) is 0 Å². The fourth-order valence-corrected chi connectivity index (χ4v) is 3.70. The number of benzene rings is 3. The van der Waals surface area contributed by atoms with E-state index in [0.29, 0.717) is 57.6 Å². The molecule has 2 aliphatic heterocycles. The van der Waals surface area contributed by atoms with Gasteiger partial charge in [0.1, 0.15) is 11.5 Å². The topological polar surface area (TPSA) is 100 Å². The van der Waals surface area contributed by atoms with Gasteiger partial charge < -0.3 is 20.7 Å². The Morgan fingerprint density at radius 1 is 1.00 bits per heavy atom. The van der Waals surface area contributed by atoms with Gasteiger partial charge in [0.15, 0.2) is 5.66 Å².